The zero-order valence-corrected chi connectivity index (χ0v) is 13.6. The van der Waals surface area contributed by atoms with Gasteiger partial charge >= 0.3 is 0 Å². The molecular formula is C19H20N2O2. The summed E-state index contributed by atoms with van der Waals surface area (Å²) in [6.45, 7) is 5.97. The highest BCUT2D eigenvalue weighted by atomic mass is 16.2. The second-order valence-electron chi connectivity index (χ2n) is 6.13. The van der Waals surface area contributed by atoms with Crippen LogP contribution in [0.2, 0.25) is 0 Å². The lowest BCUT2D eigenvalue weighted by atomic mass is 10.1. The molecule has 0 aromatic heterocycles. The molecule has 0 radical (unpaired) electrons. The van der Waals surface area contributed by atoms with Crippen LogP contribution in [-0.2, 0) is 9.59 Å². The fourth-order valence-electron chi connectivity index (χ4n) is 2.95. The second kappa shape index (κ2) is 5.88. The fraction of sp³-hybridized carbons (Fsp3) is 0.263. The molecule has 1 aliphatic rings. The first-order valence-corrected chi connectivity index (χ1v) is 7.73. The second-order valence-corrected chi connectivity index (χ2v) is 6.13. The third-order valence-electron chi connectivity index (χ3n) is 4.12. The topological polar surface area (TPSA) is 49.4 Å². The maximum Gasteiger partial charge on any atom is 0.256 e. The Morgan fingerprint density at radius 3 is 2.43 bits per heavy atom. The van der Waals surface area contributed by atoms with Crippen LogP contribution in [0.5, 0.6) is 0 Å². The molecule has 4 nitrogen and oxygen atoms in total. The van der Waals surface area contributed by atoms with E-state index in [2.05, 4.69) is 11.4 Å². The summed E-state index contributed by atoms with van der Waals surface area (Å²) in [7, 11) is 0. The zero-order valence-electron chi connectivity index (χ0n) is 13.6. The monoisotopic (exact) mass is 308 g/mol. The first-order chi connectivity index (χ1) is 11.0. The Labute approximate surface area is 136 Å². The van der Waals surface area contributed by atoms with Crippen molar-refractivity contribution in [2.75, 3.05) is 10.2 Å². The van der Waals surface area contributed by atoms with Gasteiger partial charge in [0.2, 0.25) is 5.91 Å². The van der Waals surface area contributed by atoms with Gasteiger partial charge in [0, 0.05) is 5.69 Å². The molecule has 1 aliphatic heterocycles. The summed E-state index contributed by atoms with van der Waals surface area (Å²) in [6, 6.07) is 13.0. The van der Waals surface area contributed by atoms with Crippen molar-refractivity contribution in [3.63, 3.8) is 0 Å². The summed E-state index contributed by atoms with van der Waals surface area (Å²) >= 11 is 0. The average molecular weight is 308 g/mol. The van der Waals surface area contributed by atoms with Crippen LogP contribution >= 0.6 is 0 Å². The average Bonchev–Trinajstić information content (AvgIpc) is 2.76. The number of carbonyl (C=O) groups is 2. The van der Waals surface area contributed by atoms with Crippen LogP contribution in [0.25, 0.3) is 0 Å². The molecule has 1 unspecified atom stereocenters. The Kier molecular flexibility index (Phi) is 3.90. The van der Waals surface area contributed by atoms with Gasteiger partial charge in [-0.15, -0.1) is 0 Å². The number of amides is 2. The van der Waals surface area contributed by atoms with Crippen molar-refractivity contribution in [3.8, 4) is 0 Å². The smallest absolute Gasteiger partial charge is 0.256 e. The fourth-order valence-corrected chi connectivity index (χ4v) is 2.95. The van der Waals surface area contributed by atoms with Gasteiger partial charge in [0.05, 0.1) is 12.1 Å². The number of benzene rings is 2. The number of hydrogen-bond donors (Lipinski definition) is 1. The maximum atomic E-state index is 12.7. The van der Waals surface area contributed by atoms with Crippen molar-refractivity contribution in [2.24, 2.45) is 0 Å². The van der Waals surface area contributed by atoms with Crippen LogP contribution in [0, 0.1) is 20.8 Å². The highest BCUT2D eigenvalue weighted by Crippen LogP contribution is 2.26. The number of aryl methyl sites for hydroxylation is 3. The lowest BCUT2D eigenvalue weighted by molar-refractivity contribution is -0.121. The molecule has 118 valence electrons. The number of anilines is 2. The van der Waals surface area contributed by atoms with E-state index in [9.17, 15) is 9.59 Å². The summed E-state index contributed by atoms with van der Waals surface area (Å²) in [4.78, 5) is 26.2. The number of nitrogens with zero attached hydrogens (tertiary/aromatic N) is 1. The summed E-state index contributed by atoms with van der Waals surface area (Å²) in [5, 5.41) is 3.22. The number of rotatable bonds is 3. The Hall–Kier alpha value is -2.62. The largest absolute Gasteiger partial charge is 0.373 e. The van der Waals surface area contributed by atoms with Crippen LogP contribution in [0.15, 0.2) is 42.5 Å². The Morgan fingerprint density at radius 2 is 1.74 bits per heavy atom. The minimum atomic E-state index is -0.510. The number of carbonyl (C=O) groups excluding carboxylic acids is 2. The predicted octanol–water partition coefficient (Wildman–Crippen LogP) is 3.36. The third kappa shape index (κ3) is 2.97. The first-order valence-electron chi connectivity index (χ1n) is 7.73. The SMILES string of the molecule is Cc1cccc(N2C(=O)CC(Nc3ccc(C)cc3C)C2=O)c1. The first kappa shape index (κ1) is 15.3. The van der Waals surface area contributed by atoms with Crippen LogP contribution in [0.1, 0.15) is 23.1 Å². The van der Waals surface area contributed by atoms with E-state index in [-0.39, 0.29) is 18.2 Å². The minimum absolute atomic E-state index is 0.164. The molecular weight excluding hydrogens is 288 g/mol. The van der Waals surface area contributed by atoms with Crippen LogP contribution < -0.4 is 10.2 Å². The molecule has 1 atom stereocenters. The summed E-state index contributed by atoms with van der Waals surface area (Å²) < 4.78 is 0. The number of nitrogens with one attached hydrogen (secondary N) is 1. The molecule has 4 heteroatoms. The van der Waals surface area contributed by atoms with E-state index in [1.165, 1.54) is 10.5 Å². The molecule has 1 fully saturated rings. The van der Waals surface area contributed by atoms with E-state index >= 15 is 0 Å². The van der Waals surface area contributed by atoms with Crippen molar-refractivity contribution in [2.45, 2.75) is 33.2 Å². The van der Waals surface area contributed by atoms with Crippen molar-refractivity contribution >= 4 is 23.2 Å². The van der Waals surface area contributed by atoms with E-state index in [0.717, 1.165) is 16.8 Å². The van der Waals surface area contributed by atoms with Gasteiger partial charge in [-0.3, -0.25) is 9.59 Å². The van der Waals surface area contributed by atoms with Crippen molar-refractivity contribution in [3.05, 3.63) is 59.2 Å². The lowest BCUT2D eigenvalue weighted by Crippen LogP contribution is -2.34. The van der Waals surface area contributed by atoms with Crippen LogP contribution in [-0.4, -0.2) is 17.9 Å². The van der Waals surface area contributed by atoms with E-state index in [4.69, 9.17) is 0 Å². The lowest BCUT2D eigenvalue weighted by Gasteiger charge is -2.17. The molecule has 1 heterocycles. The van der Waals surface area contributed by atoms with E-state index in [1.807, 2.05) is 51.1 Å². The molecule has 0 spiro atoms. The van der Waals surface area contributed by atoms with Gasteiger partial charge in [-0.25, -0.2) is 4.90 Å². The zero-order chi connectivity index (χ0) is 16.6. The Bertz CT molecular complexity index is 783. The highest BCUT2D eigenvalue weighted by Gasteiger charge is 2.39. The maximum absolute atomic E-state index is 12.7. The number of hydrogen-bond acceptors (Lipinski definition) is 3. The minimum Gasteiger partial charge on any atom is -0.373 e. The molecule has 0 saturated carbocycles. The van der Waals surface area contributed by atoms with Gasteiger partial charge in [-0.2, -0.15) is 0 Å². The standard InChI is InChI=1S/C19H20N2O2/c1-12-5-4-6-15(10-12)21-18(22)11-17(19(21)23)20-16-8-7-13(2)9-14(16)3/h4-10,17,20H,11H2,1-3H3. The molecule has 1 saturated heterocycles. The van der Waals surface area contributed by atoms with Gasteiger partial charge in [0.1, 0.15) is 6.04 Å². The molecule has 2 amide bonds. The number of imide groups is 1. The van der Waals surface area contributed by atoms with Gasteiger partial charge in [0.15, 0.2) is 0 Å². The third-order valence-corrected chi connectivity index (χ3v) is 4.12. The van der Waals surface area contributed by atoms with Crippen molar-refractivity contribution in [1.29, 1.82) is 0 Å². The Balaban J connectivity index is 1.84. The molecule has 0 aliphatic carbocycles. The van der Waals surface area contributed by atoms with Gasteiger partial charge in [-0.05, 0) is 50.1 Å². The van der Waals surface area contributed by atoms with Gasteiger partial charge < -0.3 is 5.32 Å². The van der Waals surface area contributed by atoms with E-state index in [1.54, 1.807) is 6.07 Å². The normalized spacial score (nSPS) is 17.7. The van der Waals surface area contributed by atoms with Crippen LogP contribution in [0.3, 0.4) is 0 Å². The summed E-state index contributed by atoms with van der Waals surface area (Å²) in [5.74, 6) is -0.358. The van der Waals surface area contributed by atoms with Crippen molar-refractivity contribution in [1.82, 2.24) is 0 Å². The van der Waals surface area contributed by atoms with Crippen molar-refractivity contribution < 1.29 is 9.59 Å². The van der Waals surface area contributed by atoms with E-state index in [0.29, 0.717) is 5.69 Å². The van der Waals surface area contributed by atoms with Crippen LogP contribution in [0.4, 0.5) is 11.4 Å². The molecule has 3 rings (SSSR count). The summed E-state index contributed by atoms with van der Waals surface area (Å²) in [5.41, 5.74) is 4.80. The highest BCUT2D eigenvalue weighted by molar-refractivity contribution is 6.23. The molecule has 0 bridgehead atoms. The predicted molar refractivity (Wildman–Crippen MR) is 91.6 cm³/mol. The van der Waals surface area contributed by atoms with E-state index < -0.39 is 6.04 Å². The van der Waals surface area contributed by atoms with Gasteiger partial charge in [0.25, 0.3) is 5.91 Å². The van der Waals surface area contributed by atoms with Gasteiger partial charge in [-0.1, -0.05) is 29.8 Å². The quantitative estimate of drug-likeness (QED) is 0.885. The summed E-state index contributed by atoms with van der Waals surface area (Å²) in [6.07, 6.45) is 0.181. The molecule has 2 aromatic carbocycles. The molecule has 1 N–H and O–H groups in total. The molecule has 23 heavy (non-hydrogen) atoms. The molecule has 2 aromatic rings. The Morgan fingerprint density at radius 1 is 1.00 bits per heavy atom.